The van der Waals surface area contributed by atoms with Gasteiger partial charge in [-0.25, -0.2) is 4.68 Å². The largest absolute Gasteiger partial charge is 0.377 e. The zero-order valence-corrected chi connectivity index (χ0v) is 22.7. The number of hydrogen-bond donors (Lipinski definition) is 1. The van der Waals surface area contributed by atoms with E-state index in [1.807, 2.05) is 6.20 Å². The molecule has 1 unspecified atom stereocenters. The van der Waals surface area contributed by atoms with Crippen molar-refractivity contribution in [3.8, 4) is 0 Å². The summed E-state index contributed by atoms with van der Waals surface area (Å²) >= 11 is 0. The SMILES string of the molecule is C[C@@H]1CN[C@@H](COC2CCC(c3ccccc3)CC2)C(c2ccnn2COCC[Si](C)(C)C)C1. The molecule has 3 atom stereocenters. The van der Waals surface area contributed by atoms with Crippen LogP contribution in [0.25, 0.3) is 0 Å². The minimum absolute atomic E-state index is 0.334. The van der Waals surface area contributed by atoms with Crippen molar-refractivity contribution in [1.82, 2.24) is 15.1 Å². The van der Waals surface area contributed by atoms with Gasteiger partial charge in [-0.15, -0.1) is 0 Å². The van der Waals surface area contributed by atoms with Crippen molar-refractivity contribution in [2.24, 2.45) is 5.92 Å². The van der Waals surface area contributed by atoms with Gasteiger partial charge in [0.25, 0.3) is 0 Å². The fourth-order valence-corrected chi connectivity index (χ4v) is 6.26. The Morgan fingerprint density at radius 2 is 1.82 bits per heavy atom. The van der Waals surface area contributed by atoms with E-state index in [4.69, 9.17) is 9.47 Å². The zero-order valence-electron chi connectivity index (χ0n) is 21.7. The number of hydrogen-bond acceptors (Lipinski definition) is 4. The first-order valence-electron chi connectivity index (χ1n) is 13.4. The number of piperidine rings is 1. The second kappa shape index (κ2) is 12.0. The predicted octanol–water partition coefficient (Wildman–Crippen LogP) is 6.02. The minimum atomic E-state index is -1.08. The van der Waals surface area contributed by atoms with Crippen molar-refractivity contribution in [2.45, 2.75) is 95.4 Å². The van der Waals surface area contributed by atoms with Crippen LogP contribution in [0.5, 0.6) is 0 Å². The van der Waals surface area contributed by atoms with Crippen LogP contribution in [0.1, 0.15) is 62.1 Å². The molecule has 6 heteroatoms. The highest BCUT2D eigenvalue weighted by Crippen LogP contribution is 2.35. The summed E-state index contributed by atoms with van der Waals surface area (Å²) in [5, 5.41) is 8.40. The molecular weight excluding hydrogens is 438 g/mol. The molecule has 2 fully saturated rings. The number of nitrogens with zero attached hydrogens (tertiary/aromatic N) is 2. The van der Waals surface area contributed by atoms with Crippen LogP contribution in [-0.2, 0) is 16.2 Å². The summed E-state index contributed by atoms with van der Waals surface area (Å²) in [5.41, 5.74) is 2.78. The molecule has 2 heterocycles. The lowest BCUT2D eigenvalue weighted by Gasteiger charge is -2.37. The van der Waals surface area contributed by atoms with E-state index in [1.54, 1.807) is 0 Å². The van der Waals surface area contributed by atoms with E-state index in [2.05, 4.69) is 78.1 Å². The molecule has 188 valence electrons. The third-order valence-corrected chi connectivity index (χ3v) is 9.37. The first kappa shape index (κ1) is 25.6. The third-order valence-electron chi connectivity index (χ3n) is 7.67. The van der Waals surface area contributed by atoms with Crippen LogP contribution in [0.4, 0.5) is 0 Å². The van der Waals surface area contributed by atoms with Crippen molar-refractivity contribution in [1.29, 1.82) is 0 Å². The quantitative estimate of drug-likeness (QED) is 0.332. The lowest BCUT2D eigenvalue weighted by atomic mass is 9.82. The Hall–Kier alpha value is -1.47. The predicted molar refractivity (Wildman–Crippen MR) is 142 cm³/mol. The van der Waals surface area contributed by atoms with E-state index < -0.39 is 8.07 Å². The van der Waals surface area contributed by atoms with Crippen molar-refractivity contribution in [2.75, 3.05) is 19.8 Å². The second-order valence-electron chi connectivity index (χ2n) is 11.8. The van der Waals surface area contributed by atoms with E-state index in [1.165, 1.54) is 36.6 Å². The van der Waals surface area contributed by atoms with Crippen LogP contribution in [0.15, 0.2) is 42.6 Å². The highest BCUT2D eigenvalue weighted by molar-refractivity contribution is 6.76. The van der Waals surface area contributed by atoms with E-state index in [0.29, 0.717) is 36.6 Å². The summed E-state index contributed by atoms with van der Waals surface area (Å²) in [4.78, 5) is 0. The summed E-state index contributed by atoms with van der Waals surface area (Å²) in [7, 11) is -1.08. The Balaban J connectivity index is 1.30. The molecule has 5 nitrogen and oxygen atoms in total. The van der Waals surface area contributed by atoms with Crippen LogP contribution in [0.3, 0.4) is 0 Å². The van der Waals surface area contributed by atoms with Crippen LogP contribution < -0.4 is 5.32 Å². The average molecular weight is 484 g/mol. The molecule has 4 rings (SSSR count). The molecule has 1 aromatic heterocycles. The summed E-state index contributed by atoms with van der Waals surface area (Å²) in [6.07, 6.45) is 8.27. The molecule has 2 aliphatic rings. The highest BCUT2D eigenvalue weighted by Gasteiger charge is 2.33. The summed E-state index contributed by atoms with van der Waals surface area (Å²) in [6, 6.07) is 14.7. The molecule has 0 spiro atoms. The van der Waals surface area contributed by atoms with E-state index in [-0.39, 0.29) is 0 Å². The van der Waals surface area contributed by atoms with Gasteiger partial charge in [0.1, 0.15) is 6.73 Å². The molecular formula is C28H45N3O2Si. The maximum absolute atomic E-state index is 6.53. The first-order chi connectivity index (χ1) is 16.4. The lowest BCUT2D eigenvalue weighted by molar-refractivity contribution is 0.00203. The maximum atomic E-state index is 6.53. The Morgan fingerprint density at radius 3 is 2.56 bits per heavy atom. The van der Waals surface area contributed by atoms with Gasteiger partial charge in [-0.1, -0.05) is 56.9 Å². The lowest BCUT2D eigenvalue weighted by Crippen LogP contribution is -2.47. The molecule has 2 aromatic rings. The van der Waals surface area contributed by atoms with Crippen LogP contribution in [0.2, 0.25) is 25.7 Å². The van der Waals surface area contributed by atoms with Crippen molar-refractivity contribution < 1.29 is 9.47 Å². The minimum Gasteiger partial charge on any atom is -0.377 e. The number of ether oxygens (including phenoxy) is 2. The summed E-state index contributed by atoms with van der Waals surface area (Å²) < 4.78 is 14.6. The maximum Gasteiger partial charge on any atom is 0.139 e. The number of benzene rings is 1. The Bertz CT molecular complexity index is 858. The zero-order chi connectivity index (χ0) is 24.0. The molecule has 1 aromatic carbocycles. The van der Waals surface area contributed by atoms with Gasteiger partial charge < -0.3 is 14.8 Å². The van der Waals surface area contributed by atoms with Gasteiger partial charge >= 0.3 is 0 Å². The number of aromatic nitrogens is 2. The second-order valence-corrected chi connectivity index (χ2v) is 17.4. The van der Waals surface area contributed by atoms with Gasteiger partial charge in [-0.05, 0) is 68.2 Å². The van der Waals surface area contributed by atoms with Crippen LogP contribution in [0, 0.1) is 5.92 Å². The molecule has 0 bridgehead atoms. The molecule has 1 aliphatic carbocycles. The average Bonchev–Trinajstić information content (AvgIpc) is 3.30. The molecule has 34 heavy (non-hydrogen) atoms. The van der Waals surface area contributed by atoms with E-state index >= 15 is 0 Å². The Morgan fingerprint density at radius 1 is 1.06 bits per heavy atom. The molecule has 1 saturated carbocycles. The van der Waals surface area contributed by atoms with Crippen molar-refractivity contribution in [3.63, 3.8) is 0 Å². The smallest absolute Gasteiger partial charge is 0.139 e. The highest BCUT2D eigenvalue weighted by atomic mass is 28.3. The number of nitrogens with one attached hydrogen (secondary N) is 1. The Kier molecular flexibility index (Phi) is 9.02. The van der Waals surface area contributed by atoms with Crippen LogP contribution >= 0.6 is 0 Å². The fourth-order valence-electron chi connectivity index (χ4n) is 5.50. The Labute approximate surface area is 207 Å². The summed E-state index contributed by atoms with van der Waals surface area (Å²) in [5.74, 6) is 1.75. The van der Waals surface area contributed by atoms with Crippen molar-refractivity contribution in [3.05, 3.63) is 53.9 Å². The molecule has 0 amide bonds. The molecule has 1 saturated heterocycles. The third kappa shape index (κ3) is 7.26. The fraction of sp³-hybridized carbons (Fsp3) is 0.679. The molecule has 0 radical (unpaired) electrons. The monoisotopic (exact) mass is 483 g/mol. The first-order valence-corrected chi connectivity index (χ1v) is 17.1. The normalized spacial score (nSPS) is 28.2. The molecule has 1 aliphatic heterocycles. The van der Waals surface area contributed by atoms with Gasteiger partial charge in [0.05, 0.1) is 12.7 Å². The van der Waals surface area contributed by atoms with Crippen molar-refractivity contribution >= 4 is 8.07 Å². The van der Waals surface area contributed by atoms with E-state index in [9.17, 15) is 0 Å². The van der Waals surface area contributed by atoms with Gasteiger partial charge in [0, 0.05) is 38.5 Å². The van der Waals surface area contributed by atoms with Gasteiger partial charge in [-0.2, -0.15) is 5.10 Å². The number of rotatable bonds is 10. The van der Waals surface area contributed by atoms with Gasteiger partial charge in [0.2, 0.25) is 0 Å². The standard InChI is InChI=1S/C28H45N3O2Si/c1-22-18-26(28-14-15-30-31(28)21-32-16-17-34(2,3)4)27(29-19-22)20-33-25-12-10-24(11-13-25)23-8-6-5-7-9-23/h5-9,14-15,22,24-27,29H,10-13,16-21H2,1-4H3/t22-,24?,25?,26?,27-/m0/s1. The van der Waals surface area contributed by atoms with Gasteiger partial charge in [-0.3, -0.25) is 0 Å². The van der Waals surface area contributed by atoms with Crippen LogP contribution in [-0.4, -0.2) is 49.8 Å². The summed E-state index contributed by atoms with van der Waals surface area (Å²) in [6.45, 7) is 12.7. The topological polar surface area (TPSA) is 48.3 Å². The van der Waals surface area contributed by atoms with E-state index in [0.717, 1.165) is 32.6 Å². The van der Waals surface area contributed by atoms with Gasteiger partial charge in [0.15, 0.2) is 0 Å². The molecule has 1 N–H and O–H groups in total.